The highest BCUT2D eigenvalue weighted by molar-refractivity contribution is 6.26. The number of Topliss-reactive ketones (excluding diaryl/α,β-unsaturated/α-hetero) is 1. The van der Waals surface area contributed by atoms with Gasteiger partial charge in [0.15, 0.2) is 5.76 Å². The van der Waals surface area contributed by atoms with Gasteiger partial charge in [0.2, 0.25) is 17.7 Å². The second kappa shape index (κ2) is 11.2. The first-order valence-corrected chi connectivity index (χ1v) is 9.83. The number of hydrazine groups is 1. The van der Waals surface area contributed by atoms with Crippen molar-refractivity contribution in [3.8, 4) is 0 Å². The van der Waals surface area contributed by atoms with Crippen LogP contribution in [0.5, 0.6) is 0 Å². The van der Waals surface area contributed by atoms with Gasteiger partial charge in [0.25, 0.3) is 11.8 Å². The molecule has 2 heterocycles. The molecule has 1 aromatic heterocycles. The Bertz CT molecular complexity index is 917. The number of pyridine rings is 1. The van der Waals surface area contributed by atoms with Gasteiger partial charge in [-0.2, -0.15) is 13.8 Å². The van der Waals surface area contributed by atoms with Crippen LogP contribution in [0.25, 0.3) is 0 Å². The van der Waals surface area contributed by atoms with Crippen LogP contribution in [0.4, 0.5) is 8.78 Å². The number of unbranched alkanes of at least 4 members (excludes halogenated alkanes) is 1. The fourth-order valence-corrected chi connectivity index (χ4v) is 2.80. The Balaban J connectivity index is 2.30. The van der Waals surface area contributed by atoms with Crippen LogP contribution < -0.4 is 16.2 Å². The highest BCUT2D eigenvalue weighted by Crippen LogP contribution is 2.18. The van der Waals surface area contributed by atoms with E-state index in [9.17, 15) is 28.3 Å². The summed E-state index contributed by atoms with van der Waals surface area (Å²) >= 11 is 0. The van der Waals surface area contributed by atoms with E-state index >= 15 is 0 Å². The lowest BCUT2D eigenvalue weighted by molar-refractivity contribution is -0.129. The molecule has 0 radical (unpaired) electrons. The van der Waals surface area contributed by atoms with E-state index in [0.717, 1.165) is 24.8 Å². The number of hydrogen-bond acceptors (Lipinski definition) is 7. The molecule has 11 heteroatoms. The highest BCUT2D eigenvalue weighted by atomic mass is 19.1. The topological polar surface area (TPSA) is 124 Å². The van der Waals surface area contributed by atoms with Crippen molar-refractivity contribution in [1.29, 1.82) is 0 Å². The van der Waals surface area contributed by atoms with Crippen LogP contribution in [0, 0.1) is 11.9 Å². The Morgan fingerprint density at radius 3 is 2.68 bits per heavy atom. The predicted octanol–water partition coefficient (Wildman–Crippen LogP) is 1.35. The summed E-state index contributed by atoms with van der Waals surface area (Å²) in [5, 5.41) is 12.9. The van der Waals surface area contributed by atoms with Gasteiger partial charge in [-0.1, -0.05) is 13.3 Å². The molecule has 1 aliphatic heterocycles. The standard InChI is InChI=1S/C20H25F2N5O4/c1-3-5-6-13-16(28)17(29)14(10-24-25-11-27(4-2)20(13)31)19(30)23-9-12-7-8-15(21)26-18(12)22/h7-8,10,24-25,28H,3-6,9,11H2,1-2H3,(H,23,30)/b14-10+,16-13-. The van der Waals surface area contributed by atoms with Gasteiger partial charge in [-0.3, -0.25) is 14.4 Å². The number of halogens is 2. The fraction of sp³-hybridized carbons (Fsp3) is 0.400. The average molecular weight is 437 g/mol. The monoisotopic (exact) mass is 437 g/mol. The highest BCUT2D eigenvalue weighted by Gasteiger charge is 2.29. The quantitative estimate of drug-likeness (QED) is 0.375. The van der Waals surface area contributed by atoms with Crippen molar-refractivity contribution in [3.05, 3.63) is 52.7 Å². The first-order chi connectivity index (χ1) is 14.8. The van der Waals surface area contributed by atoms with Gasteiger partial charge < -0.3 is 20.7 Å². The van der Waals surface area contributed by atoms with Crippen molar-refractivity contribution >= 4 is 17.6 Å². The third-order valence-electron chi connectivity index (χ3n) is 4.62. The lowest BCUT2D eigenvalue weighted by Crippen LogP contribution is -2.45. The maximum absolute atomic E-state index is 13.7. The van der Waals surface area contributed by atoms with Crippen LogP contribution in [0.15, 0.2) is 35.2 Å². The molecule has 1 aromatic rings. The Labute approximate surface area is 178 Å². The molecule has 9 nitrogen and oxygen atoms in total. The van der Waals surface area contributed by atoms with E-state index in [4.69, 9.17) is 0 Å². The molecule has 2 amide bonds. The van der Waals surface area contributed by atoms with Crippen LogP contribution in [0.1, 0.15) is 38.7 Å². The Hall–Kier alpha value is -3.34. The first-order valence-electron chi connectivity index (χ1n) is 9.83. The molecule has 0 unspecified atom stereocenters. The van der Waals surface area contributed by atoms with Gasteiger partial charge in [0.05, 0.1) is 12.2 Å². The number of rotatable bonds is 7. The number of aliphatic hydroxyl groups excluding tert-OH is 1. The van der Waals surface area contributed by atoms with E-state index in [0.29, 0.717) is 13.0 Å². The number of ketones is 1. The maximum atomic E-state index is 13.7. The Kier molecular flexibility index (Phi) is 8.62. The lowest BCUT2D eigenvalue weighted by atomic mass is 10.0. The summed E-state index contributed by atoms with van der Waals surface area (Å²) in [5.74, 6) is -5.41. The SMILES string of the molecule is CCCC/C1=C(/O)C(=O)/C(C(=O)NCc2ccc(F)nc2F)=C\NNCN(CC)C1=O. The number of hydrogen-bond donors (Lipinski definition) is 4. The number of carbonyl (C=O) groups is 3. The van der Waals surface area contributed by atoms with E-state index < -0.39 is 40.8 Å². The number of aliphatic hydroxyl groups is 1. The number of amides is 2. The van der Waals surface area contributed by atoms with E-state index in [1.807, 2.05) is 6.92 Å². The summed E-state index contributed by atoms with van der Waals surface area (Å²) in [6, 6.07) is 2.04. The molecule has 1 aliphatic rings. The summed E-state index contributed by atoms with van der Waals surface area (Å²) in [7, 11) is 0. The molecule has 0 fully saturated rings. The minimum Gasteiger partial charge on any atom is -0.504 e. The van der Waals surface area contributed by atoms with Gasteiger partial charge in [-0.05, 0) is 31.9 Å². The molecule has 0 saturated heterocycles. The Morgan fingerprint density at radius 2 is 2.03 bits per heavy atom. The number of nitrogens with zero attached hydrogens (tertiary/aromatic N) is 2. The molecular formula is C20H25F2N5O4. The van der Waals surface area contributed by atoms with Crippen molar-refractivity contribution in [1.82, 2.24) is 26.1 Å². The van der Waals surface area contributed by atoms with Crippen molar-refractivity contribution in [2.45, 2.75) is 39.7 Å². The molecule has 0 spiro atoms. The molecule has 2 rings (SSSR count). The second-order valence-electron chi connectivity index (χ2n) is 6.72. The van der Waals surface area contributed by atoms with Crippen molar-refractivity contribution in [2.24, 2.45) is 0 Å². The second-order valence-corrected chi connectivity index (χ2v) is 6.72. The van der Waals surface area contributed by atoms with Crippen LogP contribution >= 0.6 is 0 Å². The predicted molar refractivity (Wildman–Crippen MR) is 107 cm³/mol. The number of nitrogens with one attached hydrogen (secondary N) is 3. The summed E-state index contributed by atoms with van der Waals surface area (Å²) in [5.41, 5.74) is 4.58. The van der Waals surface area contributed by atoms with Gasteiger partial charge in [0.1, 0.15) is 5.57 Å². The first kappa shape index (κ1) is 23.9. The zero-order chi connectivity index (χ0) is 23.0. The normalized spacial score (nSPS) is 19.5. The van der Waals surface area contributed by atoms with Gasteiger partial charge in [-0.25, -0.2) is 5.43 Å². The zero-order valence-corrected chi connectivity index (χ0v) is 17.3. The number of carbonyl (C=O) groups excluding carboxylic acids is 3. The van der Waals surface area contributed by atoms with Gasteiger partial charge >= 0.3 is 0 Å². The van der Waals surface area contributed by atoms with Crippen LogP contribution in [0.3, 0.4) is 0 Å². The van der Waals surface area contributed by atoms with Crippen molar-refractivity contribution < 1.29 is 28.3 Å². The minimum atomic E-state index is -1.10. The smallest absolute Gasteiger partial charge is 0.257 e. The average Bonchev–Trinajstić information content (AvgIpc) is 2.74. The molecular weight excluding hydrogens is 412 g/mol. The van der Waals surface area contributed by atoms with Crippen LogP contribution in [-0.2, 0) is 20.9 Å². The lowest BCUT2D eigenvalue weighted by Gasteiger charge is -2.24. The number of likely N-dealkylation sites (N-methyl/N-ethyl adjacent to an activating group) is 1. The van der Waals surface area contributed by atoms with Crippen LogP contribution in [-0.4, -0.2) is 45.8 Å². The van der Waals surface area contributed by atoms with Crippen molar-refractivity contribution in [2.75, 3.05) is 13.2 Å². The summed E-state index contributed by atoms with van der Waals surface area (Å²) in [6.45, 7) is 3.67. The van der Waals surface area contributed by atoms with Crippen molar-refractivity contribution in [3.63, 3.8) is 0 Å². The zero-order valence-electron chi connectivity index (χ0n) is 17.3. The Morgan fingerprint density at radius 1 is 1.29 bits per heavy atom. The van der Waals surface area contributed by atoms with Crippen LogP contribution in [0.2, 0.25) is 0 Å². The summed E-state index contributed by atoms with van der Waals surface area (Å²) < 4.78 is 26.6. The van der Waals surface area contributed by atoms with E-state index in [2.05, 4.69) is 21.2 Å². The molecule has 31 heavy (non-hydrogen) atoms. The molecule has 0 aliphatic carbocycles. The third-order valence-corrected chi connectivity index (χ3v) is 4.62. The van der Waals surface area contributed by atoms with E-state index in [-0.39, 0.29) is 30.8 Å². The largest absolute Gasteiger partial charge is 0.504 e. The minimum absolute atomic E-state index is 0.0598. The number of allylic oxidation sites excluding steroid dienone is 1. The van der Waals surface area contributed by atoms with E-state index in [1.54, 1.807) is 6.92 Å². The number of aromatic nitrogens is 1. The fourth-order valence-electron chi connectivity index (χ4n) is 2.80. The molecule has 0 bridgehead atoms. The molecule has 0 atom stereocenters. The molecule has 0 aromatic carbocycles. The molecule has 0 saturated carbocycles. The third kappa shape index (κ3) is 6.07. The van der Waals surface area contributed by atoms with E-state index in [1.165, 1.54) is 4.90 Å². The summed E-state index contributed by atoms with van der Waals surface area (Å²) in [4.78, 5) is 42.6. The van der Waals surface area contributed by atoms with Gasteiger partial charge in [-0.15, -0.1) is 0 Å². The summed E-state index contributed by atoms with van der Waals surface area (Å²) in [6.07, 6.45) is 2.50. The maximum Gasteiger partial charge on any atom is 0.257 e. The van der Waals surface area contributed by atoms with Gasteiger partial charge in [0, 0.05) is 24.9 Å². The molecule has 168 valence electrons. The molecule has 4 N–H and O–H groups in total.